The van der Waals surface area contributed by atoms with Crippen LogP contribution in [0.1, 0.15) is 32.2 Å². The van der Waals surface area contributed by atoms with Crippen molar-refractivity contribution in [3.63, 3.8) is 0 Å². The summed E-state index contributed by atoms with van der Waals surface area (Å²) >= 11 is 5.89. The molecule has 0 fully saturated rings. The van der Waals surface area contributed by atoms with Crippen molar-refractivity contribution in [2.75, 3.05) is 6.61 Å². The summed E-state index contributed by atoms with van der Waals surface area (Å²) in [5.41, 5.74) is 3.66. The molecule has 0 radical (unpaired) electrons. The van der Waals surface area contributed by atoms with Crippen molar-refractivity contribution in [2.45, 2.75) is 13.8 Å². The highest BCUT2D eigenvalue weighted by Crippen LogP contribution is 2.25. The molecular formula is C23H17ClFN3O3. The molecule has 0 amide bonds. The number of carbonyl (C=O) groups is 2. The van der Waals surface area contributed by atoms with Crippen molar-refractivity contribution in [3.05, 3.63) is 88.2 Å². The van der Waals surface area contributed by atoms with E-state index < -0.39 is 18.4 Å². The molecule has 31 heavy (non-hydrogen) atoms. The van der Waals surface area contributed by atoms with Gasteiger partial charge in [0.25, 0.3) is 0 Å². The van der Waals surface area contributed by atoms with Gasteiger partial charge in [-0.05, 0) is 50.2 Å². The highest BCUT2D eigenvalue weighted by Gasteiger charge is 2.20. The first kappa shape index (κ1) is 20.7. The molecule has 0 aliphatic rings. The summed E-state index contributed by atoms with van der Waals surface area (Å²) in [6.45, 7) is 3.13. The van der Waals surface area contributed by atoms with E-state index >= 15 is 0 Å². The number of ketones is 1. The summed E-state index contributed by atoms with van der Waals surface area (Å²) in [6, 6.07) is 13.2. The Bertz CT molecular complexity index is 1330. The summed E-state index contributed by atoms with van der Waals surface area (Å²) < 4.78 is 20.5. The van der Waals surface area contributed by atoms with Crippen LogP contribution in [-0.4, -0.2) is 32.9 Å². The molecule has 156 valence electrons. The molecule has 0 aliphatic carbocycles. The number of nitrogens with zero attached hydrogens (tertiary/aromatic N) is 3. The fourth-order valence-corrected chi connectivity index (χ4v) is 3.58. The molecule has 6 nitrogen and oxygen atoms in total. The molecule has 0 aliphatic heterocycles. The van der Waals surface area contributed by atoms with Crippen LogP contribution in [0.25, 0.3) is 16.7 Å². The summed E-state index contributed by atoms with van der Waals surface area (Å²) in [5.74, 6) is -1.62. The first-order valence-electron chi connectivity index (χ1n) is 9.41. The summed E-state index contributed by atoms with van der Waals surface area (Å²) in [6.07, 6.45) is 1.32. The molecule has 0 saturated heterocycles. The SMILES string of the molecule is Cc1cc(C(=O)COC(=O)c2cnc3ccccc3n2)c(C)n1-c1ccc(F)c(Cl)c1. The van der Waals surface area contributed by atoms with E-state index in [2.05, 4.69) is 9.97 Å². The van der Waals surface area contributed by atoms with Gasteiger partial charge in [0.2, 0.25) is 5.78 Å². The minimum Gasteiger partial charge on any atom is -0.453 e. The maximum atomic E-state index is 13.5. The fourth-order valence-electron chi connectivity index (χ4n) is 3.40. The molecule has 0 N–H and O–H groups in total. The molecule has 2 heterocycles. The summed E-state index contributed by atoms with van der Waals surface area (Å²) in [5, 5.41) is -0.0108. The van der Waals surface area contributed by atoms with Gasteiger partial charge in [-0.15, -0.1) is 0 Å². The second-order valence-corrected chi connectivity index (χ2v) is 7.37. The predicted octanol–water partition coefficient (Wildman–Crippen LogP) is 4.87. The fraction of sp³-hybridized carbons (Fsp3) is 0.130. The number of aromatic nitrogens is 3. The second kappa shape index (κ2) is 8.28. The molecule has 4 rings (SSSR count). The lowest BCUT2D eigenvalue weighted by atomic mass is 10.1. The third-order valence-electron chi connectivity index (χ3n) is 4.88. The first-order valence-corrected chi connectivity index (χ1v) is 9.79. The maximum Gasteiger partial charge on any atom is 0.359 e. The average molecular weight is 438 g/mol. The molecule has 2 aromatic carbocycles. The van der Waals surface area contributed by atoms with Crippen LogP contribution in [0.4, 0.5) is 4.39 Å². The van der Waals surface area contributed by atoms with Crippen LogP contribution >= 0.6 is 11.6 Å². The van der Waals surface area contributed by atoms with Crippen molar-refractivity contribution in [1.82, 2.24) is 14.5 Å². The van der Waals surface area contributed by atoms with Gasteiger partial charge in [-0.1, -0.05) is 23.7 Å². The zero-order valence-electron chi connectivity index (χ0n) is 16.7. The monoisotopic (exact) mass is 437 g/mol. The lowest BCUT2D eigenvalue weighted by molar-refractivity contribution is 0.0468. The molecule has 4 aromatic rings. The van der Waals surface area contributed by atoms with Crippen LogP contribution < -0.4 is 0 Å². The Balaban J connectivity index is 1.52. The number of carbonyl (C=O) groups excluding carboxylic acids is 2. The number of Topliss-reactive ketones (excluding diaryl/α,β-unsaturated/α-hetero) is 1. The summed E-state index contributed by atoms with van der Waals surface area (Å²) in [4.78, 5) is 33.5. The van der Waals surface area contributed by atoms with Crippen molar-refractivity contribution in [2.24, 2.45) is 0 Å². The van der Waals surface area contributed by atoms with Gasteiger partial charge >= 0.3 is 5.97 Å². The van der Waals surface area contributed by atoms with Gasteiger partial charge in [0, 0.05) is 22.6 Å². The van der Waals surface area contributed by atoms with E-state index in [1.807, 2.05) is 13.0 Å². The normalized spacial score (nSPS) is 11.0. The van der Waals surface area contributed by atoms with Crippen LogP contribution in [0.3, 0.4) is 0 Å². The molecule has 0 unspecified atom stereocenters. The minimum atomic E-state index is -0.731. The number of hydrogen-bond donors (Lipinski definition) is 0. The van der Waals surface area contributed by atoms with Gasteiger partial charge in [-0.3, -0.25) is 9.78 Å². The van der Waals surface area contributed by atoms with Crippen LogP contribution in [0.5, 0.6) is 0 Å². The first-order chi connectivity index (χ1) is 14.8. The van der Waals surface area contributed by atoms with E-state index in [1.54, 1.807) is 41.8 Å². The molecule has 2 aromatic heterocycles. The zero-order valence-corrected chi connectivity index (χ0v) is 17.5. The number of ether oxygens (including phenoxy) is 1. The average Bonchev–Trinajstić information content (AvgIpc) is 3.07. The third kappa shape index (κ3) is 4.04. The van der Waals surface area contributed by atoms with Gasteiger partial charge in [-0.2, -0.15) is 0 Å². The third-order valence-corrected chi connectivity index (χ3v) is 5.17. The Morgan fingerprint density at radius 2 is 1.84 bits per heavy atom. The van der Waals surface area contributed by atoms with E-state index in [4.69, 9.17) is 16.3 Å². The number of aryl methyl sites for hydroxylation is 1. The van der Waals surface area contributed by atoms with Gasteiger partial charge < -0.3 is 9.30 Å². The lowest BCUT2D eigenvalue weighted by Crippen LogP contribution is -2.16. The number of hydrogen-bond acceptors (Lipinski definition) is 5. The van der Waals surface area contributed by atoms with E-state index in [9.17, 15) is 14.0 Å². The highest BCUT2D eigenvalue weighted by molar-refractivity contribution is 6.30. The predicted molar refractivity (Wildman–Crippen MR) is 114 cm³/mol. The van der Waals surface area contributed by atoms with Crippen molar-refractivity contribution in [3.8, 4) is 5.69 Å². The minimum absolute atomic E-state index is 0.0108. The maximum absolute atomic E-state index is 13.5. The van der Waals surface area contributed by atoms with Gasteiger partial charge in [0.15, 0.2) is 12.3 Å². The Morgan fingerprint density at radius 1 is 1.10 bits per heavy atom. The van der Waals surface area contributed by atoms with Gasteiger partial charge in [0.05, 0.1) is 22.3 Å². The van der Waals surface area contributed by atoms with E-state index in [-0.39, 0.29) is 16.5 Å². The topological polar surface area (TPSA) is 74.1 Å². The Kier molecular flexibility index (Phi) is 5.52. The lowest BCUT2D eigenvalue weighted by Gasteiger charge is -2.10. The Hall–Kier alpha value is -3.58. The van der Waals surface area contributed by atoms with E-state index in [1.165, 1.54) is 18.3 Å². The highest BCUT2D eigenvalue weighted by atomic mass is 35.5. The smallest absolute Gasteiger partial charge is 0.359 e. The number of para-hydroxylation sites is 2. The quantitative estimate of drug-likeness (QED) is 0.329. The number of rotatable bonds is 5. The molecule has 0 bridgehead atoms. The molecule has 0 spiro atoms. The molecule has 0 atom stereocenters. The molecule has 8 heteroatoms. The van der Waals surface area contributed by atoms with E-state index in [0.29, 0.717) is 28.0 Å². The number of fused-ring (bicyclic) bond motifs is 1. The number of halogens is 2. The van der Waals surface area contributed by atoms with Crippen LogP contribution in [0.15, 0.2) is 54.7 Å². The van der Waals surface area contributed by atoms with Crippen LogP contribution in [-0.2, 0) is 4.74 Å². The zero-order chi connectivity index (χ0) is 22.1. The number of benzene rings is 2. The second-order valence-electron chi connectivity index (χ2n) is 6.96. The Labute approximate surface area is 182 Å². The van der Waals surface area contributed by atoms with Crippen molar-refractivity contribution in [1.29, 1.82) is 0 Å². The van der Waals surface area contributed by atoms with E-state index in [0.717, 1.165) is 5.69 Å². The summed E-state index contributed by atoms with van der Waals surface area (Å²) in [7, 11) is 0. The largest absolute Gasteiger partial charge is 0.453 e. The van der Waals surface area contributed by atoms with Gasteiger partial charge in [-0.25, -0.2) is 14.2 Å². The van der Waals surface area contributed by atoms with Crippen LogP contribution in [0, 0.1) is 19.7 Å². The Morgan fingerprint density at radius 3 is 2.58 bits per heavy atom. The van der Waals surface area contributed by atoms with Crippen molar-refractivity contribution >= 4 is 34.4 Å². The molecular weight excluding hydrogens is 421 g/mol. The number of esters is 1. The molecule has 0 saturated carbocycles. The van der Waals surface area contributed by atoms with Gasteiger partial charge in [0.1, 0.15) is 5.82 Å². The standard InChI is InChI=1S/C23H17ClFN3O3/c1-13-9-16(14(2)28(13)15-7-8-18(25)17(24)10-15)22(29)12-31-23(30)21-11-26-19-5-3-4-6-20(19)27-21/h3-11H,12H2,1-2H3. The van der Waals surface area contributed by atoms with Crippen LogP contribution in [0.2, 0.25) is 5.02 Å². The van der Waals surface area contributed by atoms with Crippen molar-refractivity contribution < 1.29 is 18.7 Å².